The number of anilines is 1. The number of thiazole rings is 1. The van der Waals surface area contributed by atoms with E-state index in [9.17, 15) is 0 Å². The molecule has 1 aliphatic heterocycles. The van der Waals surface area contributed by atoms with Crippen LogP contribution >= 0.6 is 11.3 Å². The second kappa shape index (κ2) is 5.64. The van der Waals surface area contributed by atoms with Crippen molar-refractivity contribution in [2.24, 2.45) is 5.73 Å². The van der Waals surface area contributed by atoms with Gasteiger partial charge in [-0.3, -0.25) is 0 Å². The molecule has 0 aliphatic carbocycles. The Hall–Kier alpha value is -0.610. The van der Waals surface area contributed by atoms with Crippen LogP contribution in [0.25, 0.3) is 0 Å². The van der Waals surface area contributed by atoms with E-state index in [0.29, 0.717) is 12.6 Å². The van der Waals surface area contributed by atoms with Crippen molar-refractivity contribution in [2.45, 2.75) is 51.6 Å². The third-order valence-corrected chi connectivity index (χ3v) is 4.29. The van der Waals surface area contributed by atoms with Crippen molar-refractivity contribution in [1.29, 1.82) is 0 Å². The quantitative estimate of drug-likeness (QED) is 0.878. The molecule has 1 saturated heterocycles. The lowest BCUT2D eigenvalue weighted by atomic mass is 9.99. The third-order valence-electron chi connectivity index (χ3n) is 3.24. The zero-order chi connectivity index (χ0) is 11.4. The predicted molar refractivity (Wildman–Crippen MR) is 69.9 cm³/mol. The molecule has 1 unspecified atom stereocenters. The Morgan fingerprint density at radius 3 is 3.12 bits per heavy atom. The first-order valence-corrected chi connectivity index (χ1v) is 7.08. The average molecular weight is 239 g/mol. The van der Waals surface area contributed by atoms with Gasteiger partial charge in [0.05, 0.1) is 0 Å². The van der Waals surface area contributed by atoms with E-state index in [4.69, 9.17) is 5.73 Å². The average Bonchev–Trinajstić information content (AvgIpc) is 2.79. The summed E-state index contributed by atoms with van der Waals surface area (Å²) in [4.78, 5) is 8.20. The molecule has 0 saturated carbocycles. The summed E-state index contributed by atoms with van der Waals surface area (Å²) in [5, 5.41) is 1.18. The van der Waals surface area contributed by atoms with Crippen molar-refractivity contribution >= 4 is 16.5 Å². The Labute approximate surface area is 102 Å². The van der Waals surface area contributed by atoms with Crippen LogP contribution in [-0.4, -0.2) is 17.6 Å². The fraction of sp³-hybridized carbons (Fsp3) is 0.750. The van der Waals surface area contributed by atoms with Crippen molar-refractivity contribution in [2.75, 3.05) is 11.4 Å². The van der Waals surface area contributed by atoms with E-state index in [1.165, 1.54) is 48.7 Å². The van der Waals surface area contributed by atoms with Crippen LogP contribution in [0.15, 0.2) is 6.20 Å². The molecule has 1 atom stereocenters. The van der Waals surface area contributed by atoms with Crippen LogP contribution in [-0.2, 0) is 6.54 Å². The van der Waals surface area contributed by atoms with E-state index in [0.717, 1.165) is 0 Å². The van der Waals surface area contributed by atoms with Gasteiger partial charge in [-0.1, -0.05) is 13.3 Å². The van der Waals surface area contributed by atoms with Gasteiger partial charge in [0.15, 0.2) is 5.13 Å². The molecule has 0 aromatic carbocycles. The van der Waals surface area contributed by atoms with Gasteiger partial charge in [-0.2, -0.15) is 0 Å². The molecular weight excluding hydrogens is 218 g/mol. The molecule has 0 radical (unpaired) electrons. The zero-order valence-corrected chi connectivity index (χ0v) is 10.8. The van der Waals surface area contributed by atoms with Crippen LogP contribution in [0, 0.1) is 0 Å². The van der Waals surface area contributed by atoms with Crippen LogP contribution in [0.3, 0.4) is 0 Å². The molecule has 4 heteroatoms. The molecule has 90 valence electrons. The highest BCUT2D eigenvalue weighted by molar-refractivity contribution is 7.15. The van der Waals surface area contributed by atoms with Gasteiger partial charge >= 0.3 is 0 Å². The van der Waals surface area contributed by atoms with Crippen molar-refractivity contribution in [1.82, 2.24) is 4.98 Å². The summed E-state index contributed by atoms with van der Waals surface area (Å²) in [5.74, 6) is 0. The van der Waals surface area contributed by atoms with Gasteiger partial charge in [0, 0.05) is 30.2 Å². The molecule has 1 aromatic heterocycles. The molecule has 1 aromatic rings. The van der Waals surface area contributed by atoms with Gasteiger partial charge < -0.3 is 10.6 Å². The first-order chi connectivity index (χ1) is 7.85. The molecule has 2 heterocycles. The first-order valence-electron chi connectivity index (χ1n) is 6.26. The van der Waals surface area contributed by atoms with Gasteiger partial charge in [0.2, 0.25) is 0 Å². The van der Waals surface area contributed by atoms with E-state index >= 15 is 0 Å². The molecule has 1 fully saturated rings. The highest BCUT2D eigenvalue weighted by Gasteiger charge is 2.23. The van der Waals surface area contributed by atoms with Gasteiger partial charge in [-0.25, -0.2) is 4.98 Å². The van der Waals surface area contributed by atoms with Crippen LogP contribution in [0.5, 0.6) is 0 Å². The summed E-state index contributed by atoms with van der Waals surface area (Å²) in [6.07, 6.45) is 8.48. The lowest BCUT2D eigenvalue weighted by molar-refractivity contribution is 0.434. The number of rotatable bonds is 4. The van der Waals surface area contributed by atoms with Gasteiger partial charge in [0.1, 0.15) is 0 Å². The summed E-state index contributed by atoms with van der Waals surface area (Å²) in [5.41, 5.74) is 5.64. The van der Waals surface area contributed by atoms with E-state index in [-0.39, 0.29) is 0 Å². The number of nitrogens with zero attached hydrogens (tertiary/aromatic N) is 2. The summed E-state index contributed by atoms with van der Waals surface area (Å²) < 4.78 is 0. The molecular formula is C12H21N3S. The summed E-state index contributed by atoms with van der Waals surface area (Å²) in [6, 6.07) is 0.704. The predicted octanol–water partition coefficient (Wildman–Crippen LogP) is 2.76. The Morgan fingerprint density at radius 2 is 2.44 bits per heavy atom. The van der Waals surface area contributed by atoms with Gasteiger partial charge in [-0.15, -0.1) is 11.3 Å². The largest absolute Gasteiger partial charge is 0.345 e. The molecule has 3 nitrogen and oxygen atoms in total. The van der Waals surface area contributed by atoms with E-state index < -0.39 is 0 Å². The maximum Gasteiger partial charge on any atom is 0.185 e. The second-order valence-corrected chi connectivity index (χ2v) is 5.54. The summed E-state index contributed by atoms with van der Waals surface area (Å²) in [6.45, 7) is 4.05. The van der Waals surface area contributed by atoms with Crippen molar-refractivity contribution < 1.29 is 0 Å². The molecule has 2 rings (SSSR count). The molecule has 16 heavy (non-hydrogen) atoms. The number of aromatic nitrogens is 1. The lowest BCUT2D eigenvalue weighted by Gasteiger charge is -2.35. The topological polar surface area (TPSA) is 42.2 Å². The first kappa shape index (κ1) is 11.9. The Balaban J connectivity index is 2.09. The molecule has 0 bridgehead atoms. The molecule has 1 aliphatic rings. The second-order valence-electron chi connectivity index (χ2n) is 4.44. The van der Waals surface area contributed by atoms with Crippen LogP contribution in [0.2, 0.25) is 0 Å². The minimum Gasteiger partial charge on any atom is -0.345 e. The standard InChI is InChI=1S/C12H21N3S/c1-2-5-10-6-3-4-7-15(10)12-14-9-11(8-13)16-12/h9-10H,2-8,13H2,1H3. The Kier molecular flexibility index (Phi) is 4.18. The maximum absolute atomic E-state index is 5.64. The monoisotopic (exact) mass is 239 g/mol. The molecule has 0 amide bonds. The van der Waals surface area contributed by atoms with Crippen LogP contribution in [0.1, 0.15) is 43.9 Å². The van der Waals surface area contributed by atoms with Gasteiger partial charge in [-0.05, 0) is 25.7 Å². The number of hydrogen-bond acceptors (Lipinski definition) is 4. The zero-order valence-electron chi connectivity index (χ0n) is 9.98. The SMILES string of the molecule is CCCC1CCCCN1c1ncc(CN)s1. The fourth-order valence-corrected chi connectivity index (χ4v) is 3.30. The Morgan fingerprint density at radius 1 is 1.56 bits per heavy atom. The molecule has 0 spiro atoms. The van der Waals surface area contributed by atoms with Crippen molar-refractivity contribution in [3.05, 3.63) is 11.1 Å². The van der Waals surface area contributed by atoms with Gasteiger partial charge in [0.25, 0.3) is 0 Å². The van der Waals surface area contributed by atoms with Crippen LogP contribution in [0.4, 0.5) is 5.13 Å². The third kappa shape index (κ3) is 2.55. The minimum atomic E-state index is 0.615. The van der Waals surface area contributed by atoms with Crippen molar-refractivity contribution in [3.63, 3.8) is 0 Å². The number of hydrogen-bond donors (Lipinski definition) is 1. The van der Waals surface area contributed by atoms with Crippen molar-refractivity contribution in [3.8, 4) is 0 Å². The minimum absolute atomic E-state index is 0.615. The number of piperidine rings is 1. The Bertz CT molecular complexity index is 322. The van der Waals surface area contributed by atoms with E-state index in [1.807, 2.05) is 6.20 Å². The van der Waals surface area contributed by atoms with Crippen LogP contribution < -0.4 is 10.6 Å². The lowest BCUT2D eigenvalue weighted by Crippen LogP contribution is -2.39. The molecule has 2 N–H and O–H groups in total. The number of nitrogens with two attached hydrogens (primary N) is 1. The normalized spacial score (nSPS) is 21.4. The van der Waals surface area contributed by atoms with E-state index in [2.05, 4.69) is 16.8 Å². The summed E-state index contributed by atoms with van der Waals surface area (Å²) >= 11 is 1.76. The smallest absolute Gasteiger partial charge is 0.185 e. The summed E-state index contributed by atoms with van der Waals surface area (Å²) in [7, 11) is 0. The van der Waals surface area contributed by atoms with E-state index in [1.54, 1.807) is 11.3 Å². The highest BCUT2D eigenvalue weighted by atomic mass is 32.1. The highest BCUT2D eigenvalue weighted by Crippen LogP contribution is 2.30. The fourth-order valence-electron chi connectivity index (χ4n) is 2.41. The maximum atomic E-state index is 5.64.